The average molecular weight is 284 g/mol. The first-order chi connectivity index (χ1) is 8.49. The molecule has 0 atom stereocenters. The maximum Gasteiger partial charge on any atom is 0.345 e. The molecule has 0 aliphatic heterocycles. The fourth-order valence-electron chi connectivity index (χ4n) is 1.20. The molecule has 0 aliphatic carbocycles. The number of sulfonamides is 1. The van der Waals surface area contributed by atoms with Crippen LogP contribution in [0, 0.1) is 0 Å². The molecule has 6 nitrogen and oxygen atoms in total. The molecule has 2 aromatic rings. The molecule has 0 aliphatic rings. The SMILES string of the molecule is O=C(O)c1ccc(S(=O)(=O)Nc2ccncc2)s1. The van der Waals surface area contributed by atoms with Crippen LogP contribution in [0.1, 0.15) is 9.67 Å². The van der Waals surface area contributed by atoms with Crippen LogP contribution in [0.2, 0.25) is 0 Å². The number of carboxylic acid groups (broad SMARTS) is 1. The van der Waals surface area contributed by atoms with Crippen molar-refractivity contribution in [2.24, 2.45) is 0 Å². The second-order valence-corrected chi connectivity index (χ2v) is 6.26. The van der Waals surface area contributed by atoms with Gasteiger partial charge in [-0.25, -0.2) is 13.2 Å². The van der Waals surface area contributed by atoms with Gasteiger partial charge in [-0.3, -0.25) is 9.71 Å². The van der Waals surface area contributed by atoms with Crippen LogP contribution in [0.25, 0.3) is 0 Å². The van der Waals surface area contributed by atoms with Crippen LogP contribution >= 0.6 is 11.3 Å². The predicted molar refractivity (Wildman–Crippen MR) is 66.3 cm³/mol. The summed E-state index contributed by atoms with van der Waals surface area (Å²) >= 11 is 0.702. The van der Waals surface area contributed by atoms with E-state index >= 15 is 0 Å². The smallest absolute Gasteiger partial charge is 0.345 e. The highest BCUT2D eigenvalue weighted by molar-refractivity contribution is 7.94. The van der Waals surface area contributed by atoms with Crippen LogP contribution in [-0.4, -0.2) is 24.5 Å². The predicted octanol–water partition coefficient (Wildman–Crippen LogP) is 1.64. The molecule has 0 saturated heterocycles. The standard InChI is InChI=1S/C10H8N2O4S2/c13-10(14)8-1-2-9(17-8)18(15,16)12-7-3-5-11-6-4-7/h1-6H,(H,11,12)(H,13,14). The highest BCUT2D eigenvalue weighted by Crippen LogP contribution is 2.23. The van der Waals surface area contributed by atoms with Crippen LogP contribution < -0.4 is 4.72 Å². The Morgan fingerprint density at radius 2 is 1.89 bits per heavy atom. The van der Waals surface area contributed by atoms with E-state index in [1.165, 1.54) is 36.7 Å². The molecule has 2 heterocycles. The Hall–Kier alpha value is -1.93. The van der Waals surface area contributed by atoms with Gasteiger partial charge in [-0.05, 0) is 24.3 Å². The van der Waals surface area contributed by atoms with E-state index in [0.717, 1.165) is 0 Å². The summed E-state index contributed by atoms with van der Waals surface area (Å²) in [5.41, 5.74) is 0.371. The Kier molecular flexibility index (Phi) is 3.30. The minimum atomic E-state index is -3.75. The molecule has 2 N–H and O–H groups in total. The molecule has 2 rings (SSSR count). The maximum absolute atomic E-state index is 11.9. The van der Waals surface area contributed by atoms with Gasteiger partial charge in [-0.2, -0.15) is 0 Å². The Morgan fingerprint density at radius 1 is 1.22 bits per heavy atom. The number of pyridine rings is 1. The summed E-state index contributed by atoms with van der Waals surface area (Å²) in [5.74, 6) is -1.15. The van der Waals surface area contributed by atoms with Crippen molar-refractivity contribution in [1.29, 1.82) is 0 Å². The van der Waals surface area contributed by atoms with E-state index in [9.17, 15) is 13.2 Å². The van der Waals surface area contributed by atoms with E-state index < -0.39 is 16.0 Å². The molecule has 8 heteroatoms. The summed E-state index contributed by atoms with van der Waals surface area (Å²) in [6, 6.07) is 5.53. The number of nitrogens with one attached hydrogen (secondary N) is 1. The van der Waals surface area contributed by atoms with Gasteiger partial charge in [-0.1, -0.05) is 0 Å². The van der Waals surface area contributed by atoms with E-state index in [4.69, 9.17) is 5.11 Å². The third-order valence-corrected chi connectivity index (χ3v) is 4.94. The van der Waals surface area contributed by atoms with Crippen LogP contribution in [0.4, 0.5) is 5.69 Å². The summed E-state index contributed by atoms with van der Waals surface area (Å²) < 4.78 is 26.1. The lowest BCUT2D eigenvalue weighted by atomic mass is 10.4. The summed E-state index contributed by atoms with van der Waals surface area (Å²) in [4.78, 5) is 14.4. The number of rotatable bonds is 4. The summed E-state index contributed by atoms with van der Waals surface area (Å²) in [5, 5.41) is 8.74. The van der Waals surface area contributed by atoms with E-state index in [2.05, 4.69) is 9.71 Å². The highest BCUT2D eigenvalue weighted by Gasteiger charge is 2.18. The van der Waals surface area contributed by atoms with Crippen molar-refractivity contribution >= 4 is 33.0 Å². The minimum Gasteiger partial charge on any atom is -0.477 e. The monoisotopic (exact) mass is 284 g/mol. The van der Waals surface area contributed by atoms with E-state index in [0.29, 0.717) is 17.0 Å². The fraction of sp³-hybridized carbons (Fsp3) is 0. The zero-order chi connectivity index (χ0) is 13.2. The molecule has 0 spiro atoms. The zero-order valence-electron chi connectivity index (χ0n) is 8.90. The summed E-state index contributed by atoms with van der Waals surface area (Å²) in [7, 11) is -3.75. The molecule has 0 radical (unpaired) electrons. The lowest BCUT2D eigenvalue weighted by Crippen LogP contribution is -2.11. The summed E-state index contributed by atoms with van der Waals surface area (Å²) in [6.07, 6.45) is 2.91. The number of nitrogens with zero attached hydrogens (tertiary/aromatic N) is 1. The summed E-state index contributed by atoms with van der Waals surface area (Å²) in [6.45, 7) is 0. The number of thiophene rings is 1. The van der Waals surface area contributed by atoms with Gasteiger partial charge in [0.25, 0.3) is 10.0 Å². The molecular weight excluding hydrogens is 276 g/mol. The molecule has 0 fully saturated rings. The van der Waals surface area contributed by atoms with Crippen molar-refractivity contribution in [3.8, 4) is 0 Å². The third kappa shape index (κ3) is 2.66. The quantitative estimate of drug-likeness (QED) is 0.889. The van der Waals surface area contributed by atoms with Gasteiger partial charge in [0.2, 0.25) is 0 Å². The van der Waals surface area contributed by atoms with E-state index in [1.54, 1.807) is 0 Å². The molecular formula is C10H8N2O4S2. The van der Waals surface area contributed by atoms with Gasteiger partial charge in [-0.15, -0.1) is 11.3 Å². The normalized spacial score (nSPS) is 11.1. The van der Waals surface area contributed by atoms with Crippen molar-refractivity contribution in [2.75, 3.05) is 4.72 Å². The Morgan fingerprint density at radius 3 is 2.44 bits per heavy atom. The van der Waals surface area contributed by atoms with E-state index in [-0.39, 0.29) is 9.09 Å². The molecule has 2 aromatic heterocycles. The number of aromatic nitrogens is 1. The van der Waals surface area contributed by atoms with Crippen molar-refractivity contribution in [1.82, 2.24) is 4.98 Å². The van der Waals surface area contributed by atoms with Crippen LogP contribution in [0.15, 0.2) is 40.9 Å². The van der Waals surface area contributed by atoms with Gasteiger partial charge in [0.1, 0.15) is 9.09 Å². The molecule has 94 valence electrons. The van der Waals surface area contributed by atoms with Crippen molar-refractivity contribution in [2.45, 2.75) is 4.21 Å². The molecule has 0 saturated carbocycles. The highest BCUT2D eigenvalue weighted by atomic mass is 32.2. The lowest BCUT2D eigenvalue weighted by Gasteiger charge is -2.04. The second-order valence-electron chi connectivity index (χ2n) is 3.27. The Balaban J connectivity index is 2.28. The van der Waals surface area contributed by atoms with Crippen molar-refractivity contribution in [3.63, 3.8) is 0 Å². The average Bonchev–Trinajstić information content (AvgIpc) is 2.79. The van der Waals surface area contributed by atoms with Gasteiger partial charge in [0.05, 0.1) is 5.69 Å². The van der Waals surface area contributed by atoms with Crippen molar-refractivity contribution < 1.29 is 18.3 Å². The topological polar surface area (TPSA) is 96.4 Å². The fourth-order valence-corrected chi connectivity index (χ4v) is 3.41. The van der Waals surface area contributed by atoms with Gasteiger partial charge < -0.3 is 5.11 Å². The van der Waals surface area contributed by atoms with Gasteiger partial charge >= 0.3 is 5.97 Å². The van der Waals surface area contributed by atoms with Gasteiger partial charge in [0, 0.05) is 12.4 Å². The number of carboxylic acids is 1. The number of anilines is 1. The first-order valence-electron chi connectivity index (χ1n) is 4.75. The van der Waals surface area contributed by atoms with Crippen LogP contribution in [0.5, 0.6) is 0 Å². The molecule has 0 bridgehead atoms. The third-order valence-electron chi connectivity index (χ3n) is 1.99. The first kappa shape index (κ1) is 12.5. The van der Waals surface area contributed by atoms with Crippen LogP contribution in [-0.2, 0) is 10.0 Å². The number of hydrogen-bond acceptors (Lipinski definition) is 5. The molecule has 0 amide bonds. The van der Waals surface area contributed by atoms with Crippen LogP contribution in [0.3, 0.4) is 0 Å². The number of aromatic carboxylic acids is 1. The number of hydrogen-bond donors (Lipinski definition) is 2. The first-order valence-corrected chi connectivity index (χ1v) is 7.05. The van der Waals surface area contributed by atoms with Gasteiger partial charge in [0.15, 0.2) is 0 Å². The second kappa shape index (κ2) is 4.75. The molecule has 0 aromatic carbocycles. The molecule has 18 heavy (non-hydrogen) atoms. The maximum atomic E-state index is 11.9. The van der Waals surface area contributed by atoms with Crippen molar-refractivity contribution in [3.05, 3.63) is 41.5 Å². The van der Waals surface area contributed by atoms with E-state index in [1.807, 2.05) is 0 Å². The largest absolute Gasteiger partial charge is 0.477 e. The zero-order valence-corrected chi connectivity index (χ0v) is 10.5. The Bertz CT molecular complexity index is 664. The number of carbonyl (C=O) groups is 1. The minimum absolute atomic E-state index is 0.0231. The lowest BCUT2D eigenvalue weighted by molar-refractivity contribution is 0.0702. The Labute approximate surface area is 107 Å². The molecule has 0 unspecified atom stereocenters.